The highest BCUT2D eigenvalue weighted by Gasteiger charge is 2.24. The maximum atomic E-state index is 13.5. The number of aliphatic hydroxyl groups is 1. The molecule has 1 heterocycles. The van der Waals surface area contributed by atoms with Crippen molar-refractivity contribution in [2.45, 2.75) is 17.4 Å². The van der Waals surface area contributed by atoms with E-state index in [0.29, 0.717) is 30.1 Å². The van der Waals surface area contributed by atoms with Gasteiger partial charge in [0.05, 0.1) is 6.10 Å². The number of amides is 2. The van der Waals surface area contributed by atoms with E-state index in [1.807, 2.05) is 0 Å². The van der Waals surface area contributed by atoms with Gasteiger partial charge in [0.1, 0.15) is 5.82 Å². The summed E-state index contributed by atoms with van der Waals surface area (Å²) in [5.74, 6) is -0.346. The maximum Gasteiger partial charge on any atom is 0.321 e. The van der Waals surface area contributed by atoms with Crippen LogP contribution in [0.15, 0.2) is 23.1 Å². The number of hydrogen-bond acceptors (Lipinski definition) is 3. The molecule has 0 radical (unpaired) electrons. The molecule has 0 unspecified atom stereocenters. The van der Waals surface area contributed by atoms with Crippen molar-refractivity contribution in [1.82, 2.24) is 4.90 Å². The number of hydrogen-bond donors (Lipinski definition) is 2. The van der Waals surface area contributed by atoms with Gasteiger partial charge in [0.15, 0.2) is 0 Å². The molecule has 2 amide bonds. The molecule has 0 aliphatic carbocycles. The van der Waals surface area contributed by atoms with Crippen molar-refractivity contribution in [2.75, 3.05) is 24.7 Å². The fourth-order valence-electron chi connectivity index (χ4n) is 1.87. The Hall–Kier alpha value is -1.27. The van der Waals surface area contributed by atoms with Crippen LogP contribution in [0.5, 0.6) is 0 Å². The first-order valence-electron chi connectivity index (χ1n) is 5.67. The van der Waals surface area contributed by atoms with Gasteiger partial charge in [-0.15, -0.1) is 11.8 Å². The number of carbonyl (C=O) groups excluding carboxylic acids is 1. The Morgan fingerprint density at radius 2 is 2.39 bits per heavy atom. The average molecular weight is 270 g/mol. The van der Waals surface area contributed by atoms with Gasteiger partial charge in [-0.2, -0.15) is 0 Å². The first kappa shape index (κ1) is 13.2. The molecule has 1 aliphatic heterocycles. The van der Waals surface area contributed by atoms with Gasteiger partial charge in [0, 0.05) is 23.7 Å². The summed E-state index contributed by atoms with van der Waals surface area (Å²) < 4.78 is 13.5. The highest BCUT2D eigenvalue weighted by atomic mass is 32.2. The molecule has 2 N–H and O–H groups in total. The molecule has 6 heteroatoms. The molecule has 0 aromatic heterocycles. The number of thioether (sulfide) groups is 1. The van der Waals surface area contributed by atoms with Gasteiger partial charge in [-0.1, -0.05) is 0 Å². The van der Waals surface area contributed by atoms with Crippen LogP contribution in [0.1, 0.15) is 6.42 Å². The summed E-state index contributed by atoms with van der Waals surface area (Å²) in [7, 11) is 0. The number of nitrogens with one attached hydrogen (secondary N) is 1. The topological polar surface area (TPSA) is 52.6 Å². The molecule has 98 valence electrons. The number of benzene rings is 1. The van der Waals surface area contributed by atoms with Crippen LogP contribution in [-0.2, 0) is 0 Å². The lowest BCUT2D eigenvalue weighted by molar-refractivity contribution is 0.176. The number of anilines is 1. The molecule has 18 heavy (non-hydrogen) atoms. The SMILES string of the molecule is CSc1ccc(NC(=O)N2CC[C@@H](O)C2)cc1F. The lowest BCUT2D eigenvalue weighted by Gasteiger charge is -2.16. The van der Waals surface area contributed by atoms with E-state index in [1.165, 1.54) is 22.7 Å². The van der Waals surface area contributed by atoms with E-state index in [9.17, 15) is 14.3 Å². The van der Waals surface area contributed by atoms with Gasteiger partial charge in [-0.05, 0) is 30.9 Å². The van der Waals surface area contributed by atoms with Gasteiger partial charge < -0.3 is 15.3 Å². The Morgan fingerprint density at radius 3 is 2.94 bits per heavy atom. The zero-order chi connectivity index (χ0) is 13.1. The van der Waals surface area contributed by atoms with E-state index >= 15 is 0 Å². The first-order chi connectivity index (χ1) is 8.60. The summed E-state index contributed by atoms with van der Waals surface area (Å²) in [6.45, 7) is 0.857. The summed E-state index contributed by atoms with van der Waals surface area (Å²) >= 11 is 1.32. The summed E-state index contributed by atoms with van der Waals surface area (Å²) in [5, 5.41) is 12.0. The minimum atomic E-state index is -0.452. The average Bonchev–Trinajstić information content (AvgIpc) is 2.76. The van der Waals surface area contributed by atoms with Crippen LogP contribution in [0.3, 0.4) is 0 Å². The molecule has 1 aromatic rings. The molecule has 4 nitrogen and oxygen atoms in total. The largest absolute Gasteiger partial charge is 0.391 e. The first-order valence-corrected chi connectivity index (χ1v) is 6.90. The molecular formula is C12H15FN2O2S. The Kier molecular flexibility index (Phi) is 4.08. The van der Waals surface area contributed by atoms with Gasteiger partial charge >= 0.3 is 6.03 Å². The van der Waals surface area contributed by atoms with E-state index in [-0.39, 0.29) is 11.8 Å². The second kappa shape index (κ2) is 5.58. The van der Waals surface area contributed by atoms with Crippen molar-refractivity contribution in [2.24, 2.45) is 0 Å². The second-order valence-electron chi connectivity index (χ2n) is 4.17. The molecule has 2 rings (SSSR count). The number of carbonyl (C=O) groups is 1. The standard InChI is InChI=1S/C12H15FN2O2S/c1-18-11-3-2-8(6-10(11)13)14-12(17)15-5-4-9(16)7-15/h2-3,6,9,16H,4-5,7H2,1H3,(H,14,17)/t9-/m1/s1. The highest BCUT2D eigenvalue weighted by molar-refractivity contribution is 7.98. The van der Waals surface area contributed by atoms with Gasteiger partial charge in [-0.3, -0.25) is 0 Å². The third-order valence-corrected chi connectivity index (χ3v) is 3.62. The van der Waals surface area contributed by atoms with Crippen LogP contribution < -0.4 is 5.32 Å². The van der Waals surface area contributed by atoms with Crippen molar-refractivity contribution in [3.8, 4) is 0 Å². The number of urea groups is 1. The van der Waals surface area contributed by atoms with Crippen molar-refractivity contribution < 1.29 is 14.3 Å². The minimum Gasteiger partial charge on any atom is -0.391 e. The van der Waals surface area contributed by atoms with Gasteiger partial charge in [0.25, 0.3) is 0 Å². The Morgan fingerprint density at radius 1 is 1.61 bits per heavy atom. The summed E-state index contributed by atoms with van der Waals surface area (Å²) in [6.07, 6.45) is 1.93. The van der Waals surface area contributed by atoms with E-state index in [1.54, 1.807) is 18.4 Å². The van der Waals surface area contributed by atoms with Crippen LogP contribution >= 0.6 is 11.8 Å². The van der Waals surface area contributed by atoms with E-state index in [2.05, 4.69) is 5.32 Å². The highest BCUT2D eigenvalue weighted by Crippen LogP contribution is 2.22. The molecule has 1 aliphatic rings. The predicted octanol–water partition coefficient (Wildman–Crippen LogP) is 2.15. The zero-order valence-corrected chi connectivity index (χ0v) is 10.8. The monoisotopic (exact) mass is 270 g/mol. The predicted molar refractivity (Wildman–Crippen MR) is 69.4 cm³/mol. The van der Waals surface area contributed by atoms with Crippen molar-refractivity contribution in [3.05, 3.63) is 24.0 Å². The minimum absolute atomic E-state index is 0.303. The molecule has 1 fully saturated rings. The summed E-state index contributed by atoms with van der Waals surface area (Å²) in [4.78, 5) is 13.9. The third-order valence-electron chi connectivity index (χ3n) is 2.85. The van der Waals surface area contributed by atoms with Crippen LogP contribution in [0.2, 0.25) is 0 Å². The lowest BCUT2D eigenvalue weighted by Crippen LogP contribution is -2.33. The van der Waals surface area contributed by atoms with Crippen LogP contribution in [-0.4, -0.2) is 41.5 Å². The van der Waals surface area contributed by atoms with E-state index in [0.717, 1.165) is 0 Å². The van der Waals surface area contributed by atoms with Crippen LogP contribution in [0.25, 0.3) is 0 Å². The maximum absolute atomic E-state index is 13.5. The zero-order valence-electron chi connectivity index (χ0n) is 10.0. The Bertz CT molecular complexity index is 456. The number of β-amino-alcohol motifs (C(OH)–C–C–N with tert-alkyl or cyclic N) is 1. The van der Waals surface area contributed by atoms with Crippen molar-refractivity contribution >= 4 is 23.5 Å². The van der Waals surface area contributed by atoms with Crippen molar-refractivity contribution in [1.29, 1.82) is 0 Å². The number of aliphatic hydroxyl groups excluding tert-OH is 1. The van der Waals surface area contributed by atoms with Gasteiger partial charge in [-0.25, -0.2) is 9.18 Å². The normalized spacial score (nSPS) is 19.1. The fraction of sp³-hybridized carbons (Fsp3) is 0.417. The van der Waals surface area contributed by atoms with Crippen LogP contribution in [0, 0.1) is 5.82 Å². The van der Waals surface area contributed by atoms with Gasteiger partial charge in [0.2, 0.25) is 0 Å². The van der Waals surface area contributed by atoms with E-state index < -0.39 is 6.10 Å². The van der Waals surface area contributed by atoms with Crippen LogP contribution in [0.4, 0.5) is 14.9 Å². The Labute approximate surface area is 109 Å². The number of halogens is 1. The quantitative estimate of drug-likeness (QED) is 0.810. The molecule has 1 saturated heterocycles. The summed E-state index contributed by atoms with van der Waals surface area (Å²) in [5.41, 5.74) is 0.427. The molecule has 0 bridgehead atoms. The third kappa shape index (κ3) is 2.94. The molecule has 0 saturated carbocycles. The number of rotatable bonds is 2. The fourth-order valence-corrected chi connectivity index (χ4v) is 2.33. The lowest BCUT2D eigenvalue weighted by atomic mass is 10.3. The molecule has 1 aromatic carbocycles. The molecule has 0 spiro atoms. The second-order valence-corrected chi connectivity index (χ2v) is 5.02. The Balaban J connectivity index is 2.01. The van der Waals surface area contributed by atoms with E-state index in [4.69, 9.17) is 0 Å². The number of nitrogens with zero attached hydrogens (tertiary/aromatic N) is 1. The summed E-state index contributed by atoms with van der Waals surface area (Å²) in [6, 6.07) is 4.30. The number of likely N-dealkylation sites (tertiary alicyclic amines) is 1. The smallest absolute Gasteiger partial charge is 0.321 e. The van der Waals surface area contributed by atoms with Crippen molar-refractivity contribution in [3.63, 3.8) is 0 Å². The molecular weight excluding hydrogens is 255 g/mol. The molecule has 1 atom stereocenters.